The second-order valence-corrected chi connectivity index (χ2v) is 4.74. The van der Waals surface area contributed by atoms with Gasteiger partial charge in [0.15, 0.2) is 5.13 Å². The number of aromatic nitrogens is 3. The van der Waals surface area contributed by atoms with Crippen LogP contribution < -0.4 is 5.32 Å². The van der Waals surface area contributed by atoms with E-state index in [9.17, 15) is 4.79 Å². The van der Waals surface area contributed by atoms with Gasteiger partial charge in [0, 0.05) is 24.2 Å². The van der Waals surface area contributed by atoms with Gasteiger partial charge in [-0.1, -0.05) is 0 Å². The van der Waals surface area contributed by atoms with Gasteiger partial charge < -0.3 is 5.32 Å². The molecule has 1 atom stereocenters. The number of amides is 1. The van der Waals surface area contributed by atoms with Crippen LogP contribution in [0.5, 0.6) is 0 Å². The minimum atomic E-state index is -0.0395. The van der Waals surface area contributed by atoms with Crippen molar-refractivity contribution in [3.8, 4) is 0 Å². The van der Waals surface area contributed by atoms with E-state index in [2.05, 4.69) is 15.4 Å². The fraction of sp³-hybridized carbons (Fsp3) is 0.364. The lowest BCUT2D eigenvalue weighted by molar-refractivity contribution is -0.116. The quantitative estimate of drug-likeness (QED) is 0.905. The topological polar surface area (TPSA) is 59.8 Å². The maximum atomic E-state index is 11.7. The summed E-state index contributed by atoms with van der Waals surface area (Å²) >= 11 is 1.44. The highest BCUT2D eigenvalue weighted by Gasteiger charge is 2.12. The Bertz CT molecular complexity index is 491. The van der Waals surface area contributed by atoms with E-state index in [1.807, 2.05) is 31.5 Å². The van der Waals surface area contributed by atoms with Crippen molar-refractivity contribution >= 4 is 22.4 Å². The molecule has 0 aliphatic heterocycles. The van der Waals surface area contributed by atoms with Crippen LogP contribution in [0.15, 0.2) is 23.8 Å². The predicted molar refractivity (Wildman–Crippen MR) is 67.0 cm³/mol. The fourth-order valence-corrected chi connectivity index (χ4v) is 2.19. The standard InChI is InChI=1S/C11H14N4OS/c1-8-7-17-11(13-8)14-10(16)6-9(2)15-5-3-4-12-15/h3-5,7,9H,6H2,1-2H3,(H,13,14,16)/t9-/m0/s1. The monoisotopic (exact) mass is 250 g/mol. The molecule has 0 unspecified atom stereocenters. The van der Waals surface area contributed by atoms with Crippen molar-refractivity contribution in [1.29, 1.82) is 0 Å². The first-order valence-electron chi connectivity index (χ1n) is 5.36. The summed E-state index contributed by atoms with van der Waals surface area (Å²) in [7, 11) is 0. The zero-order chi connectivity index (χ0) is 12.3. The third-order valence-electron chi connectivity index (χ3n) is 2.32. The third kappa shape index (κ3) is 3.13. The molecule has 0 aliphatic carbocycles. The molecule has 5 nitrogen and oxygen atoms in total. The van der Waals surface area contributed by atoms with E-state index in [1.54, 1.807) is 10.9 Å². The fourth-order valence-electron chi connectivity index (χ4n) is 1.48. The van der Waals surface area contributed by atoms with Crippen LogP contribution in [-0.2, 0) is 4.79 Å². The summed E-state index contributed by atoms with van der Waals surface area (Å²) in [6.45, 7) is 3.86. The highest BCUT2D eigenvalue weighted by molar-refractivity contribution is 7.13. The molecule has 2 aromatic rings. The number of nitrogens with one attached hydrogen (secondary N) is 1. The molecule has 2 aromatic heterocycles. The molecule has 0 aromatic carbocycles. The summed E-state index contributed by atoms with van der Waals surface area (Å²) in [4.78, 5) is 15.9. The van der Waals surface area contributed by atoms with E-state index >= 15 is 0 Å². The average Bonchev–Trinajstić information content (AvgIpc) is 2.89. The molecule has 0 bridgehead atoms. The molecule has 1 N–H and O–H groups in total. The molecular formula is C11H14N4OS. The van der Waals surface area contributed by atoms with Crippen LogP contribution in [0.2, 0.25) is 0 Å². The Morgan fingerprint density at radius 2 is 2.47 bits per heavy atom. The Labute approximate surface area is 103 Å². The summed E-state index contributed by atoms with van der Waals surface area (Å²) in [5, 5.41) is 9.45. The SMILES string of the molecule is Cc1csc(NC(=O)C[C@H](C)n2cccn2)n1. The Morgan fingerprint density at radius 3 is 3.06 bits per heavy atom. The number of thiazole rings is 1. The van der Waals surface area contributed by atoms with Crippen molar-refractivity contribution in [2.45, 2.75) is 26.3 Å². The van der Waals surface area contributed by atoms with E-state index < -0.39 is 0 Å². The van der Waals surface area contributed by atoms with Crippen LogP contribution in [0, 0.1) is 6.92 Å². The molecule has 0 fully saturated rings. The molecule has 0 saturated heterocycles. The molecule has 6 heteroatoms. The van der Waals surface area contributed by atoms with Crippen LogP contribution in [0.25, 0.3) is 0 Å². The zero-order valence-electron chi connectivity index (χ0n) is 9.75. The Hall–Kier alpha value is -1.69. The molecule has 0 spiro atoms. The lowest BCUT2D eigenvalue weighted by Crippen LogP contribution is -2.17. The van der Waals surface area contributed by atoms with Gasteiger partial charge in [-0.05, 0) is 19.9 Å². The van der Waals surface area contributed by atoms with Gasteiger partial charge in [0.2, 0.25) is 5.91 Å². The Morgan fingerprint density at radius 1 is 1.65 bits per heavy atom. The molecule has 1 amide bonds. The molecular weight excluding hydrogens is 236 g/mol. The number of carbonyl (C=O) groups is 1. The molecule has 0 saturated carbocycles. The van der Waals surface area contributed by atoms with Gasteiger partial charge in [0.25, 0.3) is 0 Å². The van der Waals surface area contributed by atoms with Crippen molar-refractivity contribution in [3.63, 3.8) is 0 Å². The van der Waals surface area contributed by atoms with E-state index in [0.717, 1.165) is 5.69 Å². The summed E-state index contributed by atoms with van der Waals surface area (Å²) in [6.07, 6.45) is 3.95. The van der Waals surface area contributed by atoms with E-state index in [0.29, 0.717) is 11.6 Å². The second kappa shape index (κ2) is 5.09. The van der Waals surface area contributed by atoms with Crippen LogP contribution in [-0.4, -0.2) is 20.7 Å². The molecule has 17 heavy (non-hydrogen) atoms. The third-order valence-corrected chi connectivity index (χ3v) is 3.20. The minimum absolute atomic E-state index is 0.0395. The lowest BCUT2D eigenvalue weighted by Gasteiger charge is -2.10. The first-order valence-corrected chi connectivity index (χ1v) is 6.24. The van der Waals surface area contributed by atoms with Crippen LogP contribution in [0.3, 0.4) is 0 Å². The molecule has 0 radical (unpaired) electrons. The average molecular weight is 250 g/mol. The largest absolute Gasteiger partial charge is 0.302 e. The van der Waals surface area contributed by atoms with Crippen molar-refractivity contribution in [2.75, 3.05) is 5.32 Å². The Balaban J connectivity index is 1.89. The van der Waals surface area contributed by atoms with Gasteiger partial charge in [0.1, 0.15) is 0 Å². The maximum Gasteiger partial charge on any atom is 0.228 e. The highest BCUT2D eigenvalue weighted by atomic mass is 32.1. The summed E-state index contributed by atoms with van der Waals surface area (Å²) in [5.41, 5.74) is 0.922. The number of aryl methyl sites for hydroxylation is 1. The number of rotatable bonds is 4. The van der Waals surface area contributed by atoms with Crippen molar-refractivity contribution in [2.24, 2.45) is 0 Å². The smallest absolute Gasteiger partial charge is 0.228 e. The first-order chi connectivity index (χ1) is 8.15. The van der Waals surface area contributed by atoms with E-state index in [4.69, 9.17) is 0 Å². The molecule has 90 valence electrons. The molecule has 2 rings (SSSR count). The van der Waals surface area contributed by atoms with Crippen LogP contribution >= 0.6 is 11.3 Å². The van der Waals surface area contributed by atoms with Crippen molar-refractivity contribution < 1.29 is 4.79 Å². The zero-order valence-corrected chi connectivity index (χ0v) is 10.6. The van der Waals surface area contributed by atoms with E-state index in [-0.39, 0.29) is 11.9 Å². The molecule has 0 aliphatic rings. The highest BCUT2D eigenvalue weighted by Crippen LogP contribution is 2.16. The van der Waals surface area contributed by atoms with Crippen molar-refractivity contribution in [3.05, 3.63) is 29.5 Å². The Kier molecular flexibility index (Phi) is 3.53. The number of nitrogens with zero attached hydrogens (tertiary/aromatic N) is 3. The molecule has 2 heterocycles. The first kappa shape index (κ1) is 11.8. The summed E-state index contributed by atoms with van der Waals surface area (Å²) in [5.74, 6) is -0.0395. The van der Waals surface area contributed by atoms with Crippen LogP contribution in [0.4, 0.5) is 5.13 Å². The predicted octanol–water partition coefficient (Wildman–Crippen LogP) is 2.24. The van der Waals surface area contributed by atoms with E-state index in [1.165, 1.54) is 11.3 Å². The van der Waals surface area contributed by atoms with Gasteiger partial charge >= 0.3 is 0 Å². The minimum Gasteiger partial charge on any atom is -0.302 e. The number of carbonyl (C=O) groups excluding carboxylic acids is 1. The normalized spacial score (nSPS) is 12.4. The summed E-state index contributed by atoms with van der Waals surface area (Å²) in [6, 6.07) is 1.89. The second-order valence-electron chi connectivity index (χ2n) is 3.88. The van der Waals surface area contributed by atoms with Crippen molar-refractivity contribution in [1.82, 2.24) is 14.8 Å². The number of anilines is 1. The number of hydrogen-bond acceptors (Lipinski definition) is 4. The maximum absolute atomic E-state index is 11.7. The van der Waals surface area contributed by atoms with Crippen LogP contribution in [0.1, 0.15) is 25.1 Å². The van der Waals surface area contributed by atoms with Gasteiger partial charge in [-0.3, -0.25) is 9.48 Å². The lowest BCUT2D eigenvalue weighted by atomic mass is 10.2. The number of hydrogen-bond donors (Lipinski definition) is 1. The van der Waals surface area contributed by atoms with Gasteiger partial charge in [0.05, 0.1) is 11.7 Å². The van der Waals surface area contributed by atoms with Gasteiger partial charge in [-0.15, -0.1) is 11.3 Å². The van der Waals surface area contributed by atoms with Gasteiger partial charge in [-0.25, -0.2) is 4.98 Å². The summed E-state index contributed by atoms with van der Waals surface area (Å²) < 4.78 is 1.77. The van der Waals surface area contributed by atoms with Gasteiger partial charge in [-0.2, -0.15) is 5.10 Å².